The van der Waals surface area contributed by atoms with Crippen molar-refractivity contribution in [3.63, 3.8) is 0 Å². The zero-order valence-corrected chi connectivity index (χ0v) is 12.6. The van der Waals surface area contributed by atoms with Gasteiger partial charge in [-0.2, -0.15) is 0 Å². The average molecular weight is 332 g/mol. The summed E-state index contributed by atoms with van der Waals surface area (Å²) >= 11 is 0. The molecule has 0 saturated heterocycles. The van der Waals surface area contributed by atoms with Gasteiger partial charge in [0.05, 0.1) is 10.5 Å². The molecule has 3 rings (SSSR count). The lowest BCUT2D eigenvalue weighted by Crippen LogP contribution is -2.15. The molecule has 0 atom stereocenters. The molecular formula is C15H12N2O5S. The van der Waals surface area contributed by atoms with Gasteiger partial charge >= 0.3 is 5.97 Å². The molecule has 1 aromatic carbocycles. The summed E-state index contributed by atoms with van der Waals surface area (Å²) in [6.07, 6.45) is 3.31. The quantitative estimate of drug-likeness (QED) is 0.731. The number of carboxylic acids is 1. The number of nitrogens with one attached hydrogen (secondary N) is 2. The van der Waals surface area contributed by atoms with E-state index in [0.29, 0.717) is 22.5 Å². The molecule has 1 aliphatic rings. The summed E-state index contributed by atoms with van der Waals surface area (Å²) in [6, 6.07) is 7.60. The number of hydrogen-bond donors (Lipinski definition) is 3. The number of fused-ring (bicyclic) bond motifs is 1. The maximum Gasteiger partial charge on any atom is 0.319 e. The number of sulfone groups is 1. The molecule has 8 heteroatoms. The minimum absolute atomic E-state index is 0.132. The van der Waals surface area contributed by atoms with Gasteiger partial charge in [-0.3, -0.25) is 9.59 Å². The number of aromatic amines is 1. The van der Waals surface area contributed by atoms with E-state index in [1.165, 1.54) is 18.2 Å². The second kappa shape index (κ2) is 5.40. The average Bonchev–Trinajstić information content (AvgIpc) is 3.06. The van der Waals surface area contributed by atoms with Crippen molar-refractivity contribution in [2.75, 3.05) is 11.1 Å². The number of H-pyrrole nitrogens is 1. The summed E-state index contributed by atoms with van der Waals surface area (Å²) in [7, 11) is -3.96. The van der Waals surface area contributed by atoms with Crippen LogP contribution in [0, 0.1) is 0 Å². The Morgan fingerprint density at radius 2 is 2.04 bits per heavy atom. The van der Waals surface area contributed by atoms with Crippen LogP contribution < -0.4 is 5.32 Å². The van der Waals surface area contributed by atoms with E-state index in [0.717, 1.165) is 0 Å². The van der Waals surface area contributed by atoms with Gasteiger partial charge in [-0.05, 0) is 36.4 Å². The highest BCUT2D eigenvalue weighted by Gasteiger charge is 2.27. The van der Waals surface area contributed by atoms with E-state index >= 15 is 0 Å². The van der Waals surface area contributed by atoms with E-state index < -0.39 is 21.6 Å². The standard InChI is InChI=1S/C15H12N2O5S/c18-14(19)8-23(21,22)10-3-4-13-11(7-10)12(15(20)17-13)6-9-2-1-5-16-9/h1-7,16H,8H2,(H,17,20)(H,18,19)/b12-6-. The Kier molecular flexibility index (Phi) is 3.53. The number of aromatic nitrogens is 1. The number of carboxylic acid groups (broad SMARTS) is 1. The van der Waals surface area contributed by atoms with Gasteiger partial charge in [0, 0.05) is 23.1 Å². The lowest BCUT2D eigenvalue weighted by atomic mass is 10.1. The van der Waals surface area contributed by atoms with Gasteiger partial charge in [0.15, 0.2) is 15.6 Å². The Balaban J connectivity index is 2.08. The molecule has 0 unspecified atom stereocenters. The van der Waals surface area contributed by atoms with Gasteiger partial charge in [-0.15, -0.1) is 0 Å². The Hall–Kier alpha value is -2.87. The lowest BCUT2D eigenvalue weighted by Gasteiger charge is -2.04. The SMILES string of the molecule is O=C(O)CS(=O)(=O)c1ccc2c(c1)/C(=C/c1ccc[nH]1)C(=O)N2. The maximum absolute atomic E-state index is 12.1. The van der Waals surface area contributed by atoms with E-state index in [1.54, 1.807) is 24.4 Å². The molecule has 1 amide bonds. The topological polar surface area (TPSA) is 116 Å². The smallest absolute Gasteiger partial charge is 0.319 e. The van der Waals surface area contributed by atoms with Crippen molar-refractivity contribution in [3.05, 3.63) is 47.8 Å². The first-order valence-electron chi connectivity index (χ1n) is 6.62. The van der Waals surface area contributed by atoms with E-state index in [9.17, 15) is 18.0 Å². The molecule has 0 spiro atoms. The fourth-order valence-corrected chi connectivity index (χ4v) is 3.40. The van der Waals surface area contributed by atoms with Crippen LogP contribution in [0.2, 0.25) is 0 Å². The van der Waals surface area contributed by atoms with E-state index in [2.05, 4.69) is 10.3 Å². The number of hydrogen-bond acceptors (Lipinski definition) is 4. The third-order valence-corrected chi connectivity index (χ3v) is 4.97. The second-order valence-corrected chi connectivity index (χ2v) is 6.99. The maximum atomic E-state index is 12.1. The lowest BCUT2D eigenvalue weighted by molar-refractivity contribution is -0.134. The number of carbonyl (C=O) groups excluding carboxylic acids is 1. The molecule has 1 aliphatic heterocycles. The van der Waals surface area contributed by atoms with Gasteiger partial charge in [-0.1, -0.05) is 0 Å². The highest BCUT2D eigenvalue weighted by atomic mass is 32.2. The number of rotatable bonds is 4. The minimum Gasteiger partial charge on any atom is -0.480 e. The van der Waals surface area contributed by atoms with Crippen LogP contribution >= 0.6 is 0 Å². The summed E-state index contributed by atoms with van der Waals surface area (Å²) in [5.41, 5.74) is 1.93. The van der Waals surface area contributed by atoms with Crippen LogP contribution in [0.15, 0.2) is 41.4 Å². The third kappa shape index (κ3) is 2.88. The number of anilines is 1. The monoisotopic (exact) mass is 332 g/mol. The number of carbonyl (C=O) groups is 2. The fraction of sp³-hybridized carbons (Fsp3) is 0.0667. The highest BCUT2D eigenvalue weighted by Crippen LogP contribution is 2.34. The molecule has 0 saturated carbocycles. The van der Waals surface area contributed by atoms with Gasteiger partial charge < -0.3 is 15.4 Å². The fourth-order valence-electron chi connectivity index (χ4n) is 2.34. The molecule has 0 radical (unpaired) electrons. The summed E-state index contributed by atoms with van der Waals surface area (Å²) in [5, 5.41) is 11.4. The molecule has 1 aromatic heterocycles. The van der Waals surface area contributed by atoms with Gasteiger partial charge in [-0.25, -0.2) is 8.42 Å². The third-order valence-electron chi connectivity index (χ3n) is 3.37. The Morgan fingerprint density at radius 1 is 1.26 bits per heavy atom. The minimum atomic E-state index is -3.96. The molecule has 2 aromatic rings. The molecule has 7 nitrogen and oxygen atoms in total. The zero-order chi connectivity index (χ0) is 16.6. The molecular weight excluding hydrogens is 320 g/mol. The molecule has 23 heavy (non-hydrogen) atoms. The Bertz CT molecular complexity index is 927. The van der Waals surface area contributed by atoms with Crippen molar-refractivity contribution in [2.24, 2.45) is 0 Å². The Labute approximate surface area is 131 Å². The van der Waals surface area contributed by atoms with E-state index in [4.69, 9.17) is 5.11 Å². The van der Waals surface area contributed by atoms with E-state index in [-0.39, 0.29) is 10.8 Å². The largest absolute Gasteiger partial charge is 0.480 e. The predicted molar refractivity (Wildman–Crippen MR) is 83.4 cm³/mol. The summed E-state index contributed by atoms with van der Waals surface area (Å²) < 4.78 is 24.1. The van der Waals surface area contributed by atoms with Crippen molar-refractivity contribution in [1.82, 2.24) is 4.98 Å². The summed E-state index contributed by atoms with van der Waals surface area (Å²) in [4.78, 5) is 25.6. The van der Waals surface area contributed by atoms with Crippen molar-refractivity contribution in [2.45, 2.75) is 4.90 Å². The number of amides is 1. The Morgan fingerprint density at radius 3 is 2.70 bits per heavy atom. The molecule has 118 valence electrons. The van der Waals surface area contributed by atoms with Crippen molar-refractivity contribution in [3.8, 4) is 0 Å². The van der Waals surface area contributed by atoms with Crippen LogP contribution in [-0.2, 0) is 19.4 Å². The zero-order valence-electron chi connectivity index (χ0n) is 11.7. The molecule has 0 fully saturated rings. The summed E-state index contributed by atoms with van der Waals surface area (Å²) in [6.45, 7) is 0. The van der Waals surface area contributed by atoms with Crippen LogP contribution in [0.25, 0.3) is 11.6 Å². The predicted octanol–water partition coefficient (Wildman–Crippen LogP) is 1.37. The van der Waals surface area contributed by atoms with Crippen molar-refractivity contribution in [1.29, 1.82) is 0 Å². The molecule has 0 aliphatic carbocycles. The van der Waals surface area contributed by atoms with Crippen LogP contribution in [-0.4, -0.2) is 36.1 Å². The first-order chi connectivity index (χ1) is 10.9. The second-order valence-electron chi connectivity index (χ2n) is 5.00. The first kappa shape index (κ1) is 15.0. The highest BCUT2D eigenvalue weighted by molar-refractivity contribution is 7.92. The van der Waals surface area contributed by atoms with Crippen LogP contribution in [0.4, 0.5) is 5.69 Å². The summed E-state index contributed by atoms with van der Waals surface area (Å²) in [5.74, 6) is -2.77. The van der Waals surface area contributed by atoms with Gasteiger partial charge in [0.1, 0.15) is 0 Å². The molecule has 0 bridgehead atoms. The first-order valence-corrected chi connectivity index (χ1v) is 8.27. The number of aliphatic carboxylic acids is 1. The van der Waals surface area contributed by atoms with Crippen molar-refractivity contribution < 1.29 is 23.1 Å². The van der Waals surface area contributed by atoms with Crippen molar-refractivity contribution >= 4 is 39.1 Å². The van der Waals surface area contributed by atoms with Crippen LogP contribution in [0.1, 0.15) is 11.3 Å². The van der Waals surface area contributed by atoms with E-state index in [1.807, 2.05) is 0 Å². The molecule has 2 heterocycles. The molecule has 3 N–H and O–H groups in total. The van der Waals surface area contributed by atoms with Gasteiger partial charge in [0.25, 0.3) is 5.91 Å². The van der Waals surface area contributed by atoms with Gasteiger partial charge in [0.2, 0.25) is 0 Å². The normalized spacial score (nSPS) is 15.5. The van der Waals surface area contributed by atoms with Crippen LogP contribution in [0.3, 0.4) is 0 Å². The number of benzene rings is 1. The van der Waals surface area contributed by atoms with Crippen LogP contribution in [0.5, 0.6) is 0 Å².